The van der Waals surface area contributed by atoms with Crippen molar-refractivity contribution in [2.45, 2.75) is 0 Å². The van der Waals surface area contributed by atoms with Crippen LogP contribution in [0, 0.1) is 0 Å². The molecule has 0 N–H and O–H groups in total. The highest BCUT2D eigenvalue weighted by Gasteiger charge is 1.47. The molecule has 0 unspecified atom stereocenters. The molecule has 0 aliphatic heterocycles. The molecular weight excluding hydrogens is 108 g/mol. The van der Waals surface area contributed by atoms with Gasteiger partial charge in [-0.2, -0.15) is 0 Å². The second-order valence-electron chi connectivity index (χ2n) is 1.11. The summed E-state index contributed by atoms with van der Waals surface area (Å²) in [5.41, 5.74) is 2.25. The van der Waals surface area contributed by atoms with Crippen LogP contribution in [0.5, 0.6) is 0 Å². The molecule has 0 aromatic rings. The van der Waals surface area contributed by atoms with Crippen LogP contribution in [-0.4, -0.2) is 0 Å². The van der Waals surface area contributed by atoms with E-state index in [1.165, 1.54) is 0 Å². The quantitative estimate of drug-likeness (QED) is 0.388. The third-order valence-electron chi connectivity index (χ3n) is 0.383. The number of hydrogen-bond acceptors (Lipinski definition) is 0. The maximum absolute atomic E-state index is 3.46. The van der Waals surface area contributed by atoms with Crippen molar-refractivity contribution in [1.29, 1.82) is 0 Å². The van der Waals surface area contributed by atoms with Crippen molar-refractivity contribution in [3.8, 4) is 0 Å². The molecule has 0 saturated heterocycles. The first-order valence-electron chi connectivity index (χ1n) is 2.52. The molecule has 0 amide bonds. The van der Waals surface area contributed by atoms with Crippen LogP contribution in [0.1, 0.15) is 0 Å². The minimum atomic E-state index is 1.71. The van der Waals surface area contributed by atoms with Crippen molar-refractivity contribution in [2.24, 2.45) is 0 Å². The van der Waals surface area contributed by atoms with Crippen LogP contribution in [0.2, 0.25) is 0 Å². The number of allylic oxidation sites excluding steroid dienone is 4. The van der Waals surface area contributed by atoms with E-state index in [1.807, 2.05) is 12.2 Å². The molecule has 0 nitrogen and oxygen atoms in total. The summed E-state index contributed by atoms with van der Waals surface area (Å²) in [5.74, 6) is 0. The Morgan fingerprint density at radius 2 is 1.11 bits per heavy atom. The van der Waals surface area contributed by atoms with Gasteiger partial charge in [0.15, 0.2) is 0 Å². The van der Waals surface area contributed by atoms with Crippen LogP contribution in [-0.2, 0) is 0 Å². The van der Waals surface area contributed by atoms with E-state index in [0.29, 0.717) is 0 Å². The topological polar surface area (TPSA) is 0 Å². The summed E-state index contributed by atoms with van der Waals surface area (Å²) in [6.45, 7) is 13.2. The largest absolute Gasteiger partial charge is 0.137 e. The van der Waals surface area contributed by atoms with E-state index in [4.69, 9.17) is 0 Å². The van der Waals surface area contributed by atoms with Crippen molar-refractivity contribution in [1.82, 2.24) is 0 Å². The lowest BCUT2D eigenvalue weighted by Gasteiger charge is -1.60. The van der Waals surface area contributed by atoms with Gasteiger partial charge in [0.2, 0.25) is 0 Å². The van der Waals surface area contributed by atoms with Crippen molar-refractivity contribution >= 4 is 0 Å². The molecule has 0 spiro atoms. The summed E-state index contributed by atoms with van der Waals surface area (Å²) in [5, 5.41) is 0. The Kier molecular flexibility index (Phi) is 18.8. The van der Waals surface area contributed by atoms with E-state index in [9.17, 15) is 0 Å². The van der Waals surface area contributed by atoms with Crippen LogP contribution in [0.3, 0.4) is 0 Å². The standard InChI is InChI=1S/C6H8.C3H4/c1-3-5-6-4-2;1-3-2/h3-6H,1-2H2;1-2H2. The Hall–Kier alpha value is -1.26. The number of hydrogen-bond donors (Lipinski definition) is 0. The van der Waals surface area contributed by atoms with Crippen LogP contribution in [0.4, 0.5) is 0 Å². The molecule has 0 aromatic carbocycles. The lowest BCUT2D eigenvalue weighted by atomic mass is 10.5. The summed E-state index contributed by atoms with van der Waals surface area (Å²) in [4.78, 5) is 0. The molecule has 48 valence electrons. The minimum absolute atomic E-state index is 1.71. The van der Waals surface area contributed by atoms with Gasteiger partial charge < -0.3 is 0 Å². The van der Waals surface area contributed by atoms with E-state index >= 15 is 0 Å². The molecule has 0 aliphatic rings. The van der Waals surface area contributed by atoms with Crippen molar-refractivity contribution in [2.75, 3.05) is 0 Å². The van der Waals surface area contributed by atoms with Gasteiger partial charge in [-0.05, 0) is 0 Å². The summed E-state index contributed by atoms with van der Waals surface area (Å²) in [6, 6.07) is 0. The van der Waals surface area contributed by atoms with Crippen molar-refractivity contribution in [3.05, 3.63) is 56.4 Å². The number of rotatable bonds is 2. The molecule has 0 aromatic heterocycles. The Morgan fingerprint density at radius 1 is 0.889 bits per heavy atom. The summed E-state index contributed by atoms with van der Waals surface area (Å²) >= 11 is 0. The Labute approximate surface area is 57.2 Å². The predicted octanol–water partition coefficient (Wildman–Crippen LogP) is 2.87. The summed E-state index contributed by atoms with van der Waals surface area (Å²) in [6.07, 6.45) is 7.07. The van der Waals surface area contributed by atoms with Crippen LogP contribution < -0.4 is 0 Å². The third kappa shape index (κ3) is 50.0. The Balaban J connectivity index is 0. The molecule has 0 rings (SSSR count). The Bertz CT molecular complexity index is 111. The third-order valence-corrected chi connectivity index (χ3v) is 0.383. The summed E-state index contributed by atoms with van der Waals surface area (Å²) in [7, 11) is 0. The van der Waals surface area contributed by atoms with Gasteiger partial charge in [0, 0.05) is 0 Å². The average molecular weight is 120 g/mol. The van der Waals surface area contributed by atoms with Crippen molar-refractivity contribution in [3.63, 3.8) is 0 Å². The highest BCUT2D eigenvalue weighted by molar-refractivity contribution is 5.05. The van der Waals surface area contributed by atoms with E-state index < -0.39 is 0 Å². The van der Waals surface area contributed by atoms with Gasteiger partial charge in [0.1, 0.15) is 0 Å². The van der Waals surface area contributed by atoms with Gasteiger partial charge in [-0.3, -0.25) is 0 Å². The minimum Gasteiger partial charge on any atom is -0.137 e. The van der Waals surface area contributed by atoms with E-state index in [0.717, 1.165) is 0 Å². The van der Waals surface area contributed by atoms with Gasteiger partial charge in [0.05, 0.1) is 0 Å². The molecule has 0 fully saturated rings. The van der Waals surface area contributed by atoms with Gasteiger partial charge >= 0.3 is 0 Å². The molecule has 9 heavy (non-hydrogen) atoms. The molecule has 0 radical (unpaired) electrons. The second-order valence-corrected chi connectivity index (χ2v) is 1.11. The van der Waals surface area contributed by atoms with Crippen LogP contribution >= 0.6 is 0 Å². The van der Waals surface area contributed by atoms with Crippen molar-refractivity contribution < 1.29 is 0 Å². The monoisotopic (exact) mass is 120 g/mol. The fraction of sp³-hybridized carbons (Fsp3) is 0. The highest BCUT2D eigenvalue weighted by atomic mass is 13.5. The lowest BCUT2D eigenvalue weighted by Crippen LogP contribution is -1.38. The predicted molar refractivity (Wildman–Crippen MR) is 44.3 cm³/mol. The fourth-order valence-electron chi connectivity index (χ4n) is 0.157. The zero-order valence-electron chi connectivity index (χ0n) is 5.64. The van der Waals surface area contributed by atoms with Gasteiger partial charge in [-0.15, -0.1) is 5.73 Å². The van der Waals surface area contributed by atoms with Gasteiger partial charge in [-0.1, -0.05) is 50.6 Å². The van der Waals surface area contributed by atoms with E-state index in [1.54, 1.807) is 12.2 Å². The molecule has 0 heterocycles. The van der Waals surface area contributed by atoms with Gasteiger partial charge in [0.25, 0.3) is 0 Å². The highest BCUT2D eigenvalue weighted by Crippen LogP contribution is 1.69. The average Bonchev–Trinajstić information content (AvgIpc) is 1.86. The van der Waals surface area contributed by atoms with Gasteiger partial charge in [-0.25, -0.2) is 0 Å². The molecular formula is C9H12. The first kappa shape index (κ1) is 10.7. The van der Waals surface area contributed by atoms with Crippen LogP contribution in [0.25, 0.3) is 0 Å². The SMILES string of the molecule is C=C=C.C=CC=CC=C. The smallest absolute Gasteiger partial charge is 0.0572 e. The molecule has 0 saturated carbocycles. The zero-order valence-corrected chi connectivity index (χ0v) is 5.64. The second kappa shape index (κ2) is 15.9. The first-order chi connectivity index (χ1) is 4.33. The molecule has 0 atom stereocenters. The summed E-state index contributed by atoms with van der Waals surface area (Å²) < 4.78 is 0. The lowest BCUT2D eigenvalue weighted by molar-refractivity contribution is 1.98. The van der Waals surface area contributed by atoms with E-state index in [2.05, 4.69) is 32.0 Å². The molecule has 0 aliphatic carbocycles. The van der Waals surface area contributed by atoms with Crippen LogP contribution in [0.15, 0.2) is 56.4 Å². The maximum atomic E-state index is 3.46. The van der Waals surface area contributed by atoms with E-state index in [-0.39, 0.29) is 0 Å². The molecule has 0 heteroatoms. The maximum Gasteiger partial charge on any atom is -0.0572 e. The fourth-order valence-corrected chi connectivity index (χ4v) is 0.157. The normalized spacial score (nSPS) is 6.67. The molecule has 0 bridgehead atoms. The Morgan fingerprint density at radius 3 is 1.22 bits per heavy atom. The zero-order chi connectivity index (χ0) is 7.54. The first-order valence-corrected chi connectivity index (χ1v) is 2.52.